The number of hydrogen-bond donors (Lipinski definition) is 2. The van der Waals surface area contributed by atoms with Gasteiger partial charge in [-0.2, -0.15) is 5.10 Å². The van der Waals surface area contributed by atoms with Crippen LogP contribution in [0.2, 0.25) is 5.02 Å². The van der Waals surface area contributed by atoms with Crippen molar-refractivity contribution in [3.05, 3.63) is 58.4 Å². The quantitative estimate of drug-likeness (QED) is 0.288. The number of halogens is 4. The molecular formula is C15H9Br3ClN3O5. The van der Waals surface area contributed by atoms with E-state index < -0.39 is 17.4 Å². The number of carbonyl (C=O) groups is 1. The Morgan fingerprint density at radius 2 is 2.04 bits per heavy atom. The summed E-state index contributed by atoms with van der Waals surface area (Å²) in [5.41, 5.74) is 2.37. The molecule has 0 heterocycles. The first-order chi connectivity index (χ1) is 12.7. The molecule has 0 atom stereocenters. The summed E-state index contributed by atoms with van der Waals surface area (Å²) in [7, 11) is 0. The van der Waals surface area contributed by atoms with Crippen molar-refractivity contribution in [1.29, 1.82) is 0 Å². The largest absolute Gasteiger partial charge is 0.506 e. The fourth-order valence-corrected chi connectivity index (χ4v) is 4.30. The number of benzene rings is 2. The van der Waals surface area contributed by atoms with Crippen LogP contribution < -0.4 is 10.2 Å². The Balaban J connectivity index is 2.01. The first kappa shape index (κ1) is 21.6. The van der Waals surface area contributed by atoms with Gasteiger partial charge in [0.1, 0.15) is 5.75 Å². The molecule has 2 N–H and O–H groups in total. The molecule has 0 saturated heterocycles. The summed E-state index contributed by atoms with van der Waals surface area (Å²) in [5, 5.41) is 24.8. The minimum absolute atomic E-state index is 0.0237. The molecule has 1 amide bonds. The predicted molar refractivity (Wildman–Crippen MR) is 111 cm³/mol. The van der Waals surface area contributed by atoms with Gasteiger partial charge in [0, 0.05) is 21.1 Å². The van der Waals surface area contributed by atoms with E-state index >= 15 is 0 Å². The molecule has 0 aliphatic rings. The lowest BCUT2D eigenvalue weighted by Crippen LogP contribution is -2.24. The SMILES string of the molecule is O=C(COc1ccc(Cl)cc1[N+](=O)[O-])NN=Cc1c(Br)cc(Br)c(O)c1Br. The van der Waals surface area contributed by atoms with Crippen LogP contribution in [0, 0.1) is 10.1 Å². The Hall–Kier alpha value is -1.69. The lowest BCUT2D eigenvalue weighted by molar-refractivity contribution is -0.385. The second-order valence-corrected chi connectivity index (χ2v) is 7.81. The van der Waals surface area contributed by atoms with Crippen LogP contribution in [0.4, 0.5) is 5.69 Å². The Kier molecular flexibility index (Phi) is 7.59. The van der Waals surface area contributed by atoms with Gasteiger partial charge in [0.15, 0.2) is 12.4 Å². The first-order valence-corrected chi connectivity index (χ1v) is 9.71. The van der Waals surface area contributed by atoms with Crippen molar-refractivity contribution in [2.75, 3.05) is 6.61 Å². The molecule has 0 aromatic heterocycles. The fraction of sp³-hybridized carbons (Fsp3) is 0.0667. The lowest BCUT2D eigenvalue weighted by atomic mass is 10.2. The first-order valence-electron chi connectivity index (χ1n) is 6.95. The maximum Gasteiger partial charge on any atom is 0.312 e. The number of carbonyl (C=O) groups excluding carboxylic acids is 1. The van der Waals surface area contributed by atoms with Gasteiger partial charge in [0.2, 0.25) is 0 Å². The zero-order valence-electron chi connectivity index (χ0n) is 13.1. The van der Waals surface area contributed by atoms with E-state index in [1.165, 1.54) is 18.3 Å². The van der Waals surface area contributed by atoms with Crippen molar-refractivity contribution in [3.63, 3.8) is 0 Å². The van der Waals surface area contributed by atoms with Crippen LogP contribution in [0.25, 0.3) is 0 Å². The molecule has 0 saturated carbocycles. The average molecular weight is 586 g/mol. The highest BCUT2D eigenvalue weighted by Crippen LogP contribution is 2.38. The van der Waals surface area contributed by atoms with Crippen molar-refractivity contribution >= 4 is 77.2 Å². The van der Waals surface area contributed by atoms with Gasteiger partial charge in [0.05, 0.1) is 20.1 Å². The van der Waals surface area contributed by atoms with E-state index in [0.717, 1.165) is 6.07 Å². The Bertz CT molecular complexity index is 939. The van der Waals surface area contributed by atoms with E-state index in [0.29, 0.717) is 19.0 Å². The van der Waals surface area contributed by atoms with Crippen molar-refractivity contribution in [1.82, 2.24) is 5.43 Å². The highest BCUT2D eigenvalue weighted by molar-refractivity contribution is 9.11. The maximum absolute atomic E-state index is 11.8. The van der Waals surface area contributed by atoms with E-state index in [1.54, 1.807) is 6.07 Å². The van der Waals surface area contributed by atoms with Gasteiger partial charge < -0.3 is 9.84 Å². The molecule has 2 aromatic carbocycles. The summed E-state index contributed by atoms with van der Waals surface area (Å²) in [6.07, 6.45) is 1.31. The van der Waals surface area contributed by atoms with Crippen LogP contribution >= 0.6 is 59.4 Å². The van der Waals surface area contributed by atoms with E-state index in [4.69, 9.17) is 16.3 Å². The Morgan fingerprint density at radius 3 is 2.70 bits per heavy atom. The van der Waals surface area contributed by atoms with E-state index in [9.17, 15) is 20.0 Å². The number of nitro groups is 1. The van der Waals surface area contributed by atoms with Crippen molar-refractivity contribution in [2.24, 2.45) is 5.10 Å². The number of phenols is 1. The summed E-state index contributed by atoms with van der Waals surface area (Å²) < 4.78 is 6.61. The number of hydrazone groups is 1. The minimum Gasteiger partial charge on any atom is -0.506 e. The smallest absolute Gasteiger partial charge is 0.312 e. The second kappa shape index (κ2) is 9.49. The molecule has 142 valence electrons. The van der Waals surface area contributed by atoms with Crippen molar-refractivity contribution in [3.8, 4) is 11.5 Å². The van der Waals surface area contributed by atoms with Crippen LogP contribution in [-0.4, -0.2) is 28.8 Å². The minimum atomic E-state index is -0.660. The molecule has 0 fully saturated rings. The molecule has 2 rings (SSSR count). The van der Waals surface area contributed by atoms with Gasteiger partial charge in [-0.15, -0.1) is 0 Å². The fourth-order valence-electron chi connectivity index (χ4n) is 1.81. The van der Waals surface area contributed by atoms with Crippen LogP contribution in [0.5, 0.6) is 11.5 Å². The number of ether oxygens (including phenoxy) is 1. The Labute approximate surface area is 183 Å². The van der Waals surface area contributed by atoms with Gasteiger partial charge in [-0.25, -0.2) is 5.43 Å². The van der Waals surface area contributed by atoms with Crippen LogP contribution in [-0.2, 0) is 4.79 Å². The molecule has 12 heteroatoms. The molecule has 0 aliphatic carbocycles. The molecule has 0 bridgehead atoms. The van der Waals surface area contributed by atoms with Crippen LogP contribution in [0.3, 0.4) is 0 Å². The summed E-state index contributed by atoms with van der Waals surface area (Å²) in [6, 6.07) is 5.46. The Morgan fingerprint density at radius 1 is 1.33 bits per heavy atom. The summed E-state index contributed by atoms with van der Waals surface area (Å²) >= 11 is 15.4. The second-order valence-electron chi connectivity index (χ2n) is 4.87. The number of aromatic hydroxyl groups is 1. The number of rotatable bonds is 6. The third-order valence-corrected chi connectivity index (χ3v) is 5.34. The number of amides is 1. The monoisotopic (exact) mass is 583 g/mol. The number of nitro benzene ring substituents is 1. The highest BCUT2D eigenvalue weighted by atomic mass is 79.9. The van der Waals surface area contributed by atoms with E-state index in [-0.39, 0.29) is 22.2 Å². The van der Waals surface area contributed by atoms with Gasteiger partial charge in [0.25, 0.3) is 5.91 Å². The molecule has 2 aromatic rings. The summed E-state index contributed by atoms with van der Waals surface area (Å²) in [5.74, 6) is -0.750. The van der Waals surface area contributed by atoms with Gasteiger partial charge in [-0.05, 0) is 50.1 Å². The normalized spacial score (nSPS) is 10.8. The number of nitrogens with one attached hydrogen (secondary N) is 1. The summed E-state index contributed by atoms with van der Waals surface area (Å²) in [4.78, 5) is 22.1. The highest BCUT2D eigenvalue weighted by Gasteiger charge is 2.17. The summed E-state index contributed by atoms with van der Waals surface area (Å²) in [6.45, 7) is -0.492. The van der Waals surface area contributed by atoms with Gasteiger partial charge >= 0.3 is 5.69 Å². The van der Waals surface area contributed by atoms with E-state index in [1.807, 2.05) is 0 Å². The van der Waals surface area contributed by atoms with Crippen LogP contribution in [0.15, 0.2) is 42.8 Å². The molecule has 27 heavy (non-hydrogen) atoms. The third-order valence-electron chi connectivity index (χ3n) is 3.04. The average Bonchev–Trinajstić information content (AvgIpc) is 2.61. The predicted octanol–water partition coefficient (Wildman–Crippen LogP) is 4.77. The number of phenolic OH excluding ortho intramolecular Hbond substituents is 1. The molecule has 0 radical (unpaired) electrons. The lowest BCUT2D eigenvalue weighted by Gasteiger charge is -2.07. The maximum atomic E-state index is 11.8. The van der Waals surface area contributed by atoms with Crippen LogP contribution in [0.1, 0.15) is 5.56 Å². The van der Waals surface area contributed by atoms with Crippen molar-refractivity contribution < 1.29 is 19.6 Å². The molecule has 0 spiro atoms. The molecule has 0 unspecified atom stereocenters. The molecule has 0 aliphatic heterocycles. The zero-order chi connectivity index (χ0) is 20.1. The standard InChI is InChI=1S/C15H9Br3ClN3O5/c16-9-4-10(17)15(24)14(18)8(9)5-20-21-13(23)6-27-12-2-1-7(19)3-11(12)22(25)26/h1-5,24H,6H2,(H,21,23). The van der Waals surface area contributed by atoms with Crippen molar-refractivity contribution in [2.45, 2.75) is 0 Å². The topological polar surface area (TPSA) is 114 Å². The van der Waals surface area contributed by atoms with Gasteiger partial charge in [-0.1, -0.05) is 27.5 Å². The molecular weight excluding hydrogens is 577 g/mol. The zero-order valence-corrected chi connectivity index (χ0v) is 18.6. The van der Waals surface area contributed by atoms with Gasteiger partial charge in [-0.3, -0.25) is 14.9 Å². The molecule has 8 nitrogen and oxygen atoms in total. The van der Waals surface area contributed by atoms with E-state index in [2.05, 4.69) is 58.3 Å². The number of nitrogens with zero attached hydrogens (tertiary/aromatic N) is 2. The third kappa shape index (κ3) is 5.64. The number of hydrogen-bond acceptors (Lipinski definition) is 6.